The number of hydrogen-bond donors (Lipinski definition) is 2. The van der Waals surface area contributed by atoms with Gasteiger partial charge in [0.05, 0.1) is 30.6 Å². The summed E-state index contributed by atoms with van der Waals surface area (Å²) >= 11 is 0. The number of benzene rings is 1. The number of rotatable bonds is 6. The van der Waals surface area contributed by atoms with Crippen LogP contribution in [0.4, 0.5) is 20.8 Å². The van der Waals surface area contributed by atoms with E-state index in [2.05, 4.69) is 32.3 Å². The van der Waals surface area contributed by atoms with Crippen LogP contribution >= 0.6 is 0 Å². The summed E-state index contributed by atoms with van der Waals surface area (Å²) in [5, 5.41) is 16.4. The molecule has 2 amide bonds. The molecule has 0 bridgehead atoms. The third-order valence-corrected chi connectivity index (χ3v) is 7.57. The molecule has 0 atom stereocenters. The summed E-state index contributed by atoms with van der Waals surface area (Å²) in [6.45, 7) is 4.36. The largest absolute Gasteiger partial charge is 0.392 e. The second-order valence-corrected chi connectivity index (χ2v) is 10.2. The van der Waals surface area contributed by atoms with Gasteiger partial charge in [-0.2, -0.15) is 0 Å². The van der Waals surface area contributed by atoms with Crippen LogP contribution in [0.15, 0.2) is 35.7 Å². The van der Waals surface area contributed by atoms with Gasteiger partial charge in [0.25, 0.3) is 0 Å². The summed E-state index contributed by atoms with van der Waals surface area (Å²) in [6.07, 6.45) is 9.57. The Morgan fingerprint density at radius 2 is 1.86 bits per heavy atom. The van der Waals surface area contributed by atoms with Gasteiger partial charge in [-0.3, -0.25) is 0 Å². The molecule has 5 rings (SSSR count). The number of nitrogens with one attached hydrogen (secondary N) is 1. The fourth-order valence-electron chi connectivity index (χ4n) is 5.08. The van der Waals surface area contributed by atoms with Gasteiger partial charge in [-0.1, -0.05) is 18.1 Å². The van der Waals surface area contributed by atoms with E-state index in [9.17, 15) is 14.3 Å². The number of anilines is 2. The van der Waals surface area contributed by atoms with Crippen molar-refractivity contribution in [2.45, 2.75) is 70.0 Å². The molecule has 2 aliphatic heterocycles. The number of halogens is 1. The molecule has 1 aromatic carbocycles. The maximum absolute atomic E-state index is 14.7. The van der Waals surface area contributed by atoms with Gasteiger partial charge in [0, 0.05) is 38.3 Å². The lowest BCUT2D eigenvalue weighted by molar-refractivity contribution is 0.0308. The van der Waals surface area contributed by atoms with Crippen LogP contribution in [0, 0.1) is 5.82 Å². The minimum absolute atomic E-state index is 0.104. The Morgan fingerprint density at radius 1 is 1.16 bits per heavy atom. The molecule has 1 aliphatic carbocycles. The molecule has 3 heterocycles. The molecule has 3 fully saturated rings. The van der Waals surface area contributed by atoms with Crippen molar-refractivity contribution in [3.63, 3.8) is 0 Å². The summed E-state index contributed by atoms with van der Waals surface area (Å²) in [5.41, 5.74) is 3.31. The lowest BCUT2D eigenvalue weighted by atomic mass is 9.83. The highest BCUT2D eigenvalue weighted by atomic mass is 19.1. The lowest BCUT2D eigenvalue weighted by Gasteiger charge is -2.35. The van der Waals surface area contributed by atoms with Gasteiger partial charge < -0.3 is 25.1 Å². The van der Waals surface area contributed by atoms with Crippen molar-refractivity contribution in [2.24, 2.45) is 5.16 Å². The lowest BCUT2D eigenvalue weighted by Crippen LogP contribution is -2.54. The van der Waals surface area contributed by atoms with Crippen LogP contribution in [0.5, 0.6) is 0 Å². The van der Waals surface area contributed by atoms with Crippen LogP contribution < -0.4 is 10.2 Å². The monoisotopic (exact) mass is 510 g/mol. The summed E-state index contributed by atoms with van der Waals surface area (Å²) in [6, 6.07) is 4.65. The third kappa shape index (κ3) is 6.18. The Labute approximate surface area is 216 Å². The smallest absolute Gasteiger partial charge is 0.322 e. The SMILES string of the molecule is CCc1cnc(N2CCC(ON=C3CCC(c4ccc(NC(=O)N5CC(O)C5)c(F)c4)CC3)CC2)nc1. The number of hydrogen-bond acceptors (Lipinski definition) is 7. The van der Waals surface area contributed by atoms with E-state index in [-0.39, 0.29) is 36.8 Å². The van der Waals surface area contributed by atoms with E-state index in [0.29, 0.717) is 0 Å². The van der Waals surface area contributed by atoms with E-state index >= 15 is 0 Å². The zero-order chi connectivity index (χ0) is 25.8. The molecular formula is C27H35FN6O3. The van der Waals surface area contributed by atoms with Gasteiger partial charge in [0.1, 0.15) is 11.9 Å². The van der Waals surface area contributed by atoms with Crippen molar-refractivity contribution in [3.05, 3.63) is 47.5 Å². The number of likely N-dealkylation sites (tertiary alicyclic amines) is 1. The molecule has 2 aromatic rings. The zero-order valence-electron chi connectivity index (χ0n) is 21.3. The number of aryl methyl sites for hydroxylation is 1. The van der Waals surface area contributed by atoms with E-state index < -0.39 is 11.9 Å². The first-order valence-electron chi connectivity index (χ1n) is 13.3. The van der Waals surface area contributed by atoms with Crippen molar-refractivity contribution < 1.29 is 19.1 Å². The minimum Gasteiger partial charge on any atom is -0.392 e. The van der Waals surface area contributed by atoms with Crippen LogP contribution in [0.2, 0.25) is 0 Å². The van der Waals surface area contributed by atoms with Gasteiger partial charge in [-0.25, -0.2) is 19.2 Å². The minimum atomic E-state index is -0.486. The molecular weight excluding hydrogens is 475 g/mol. The molecule has 37 heavy (non-hydrogen) atoms. The number of aromatic nitrogens is 2. The summed E-state index contributed by atoms with van der Waals surface area (Å²) in [5.74, 6) is 0.599. The Bertz CT molecular complexity index is 1100. The number of urea groups is 1. The third-order valence-electron chi connectivity index (χ3n) is 7.57. The van der Waals surface area contributed by atoms with E-state index in [1.165, 1.54) is 11.0 Å². The van der Waals surface area contributed by atoms with E-state index in [0.717, 1.165) is 80.8 Å². The van der Waals surface area contributed by atoms with Crippen LogP contribution in [0.1, 0.15) is 62.5 Å². The maximum atomic E-state index is 14.7. The quantitative estimate of drug-likeness (QED) is 0.568. The molecule has 2 N–H and O–H groups in total. The molecule has 0 unspecified atom stereocenters. The van der Waals surface area contributed by atoms with Crippen molar-refractivity contribution in [2.75, 3.05) is 36.4 Å². The molecule has 2 saturated heterocycles. The average Bonchev–Trinajstić information content (AvgIpc) is 2.92. The first-order valence-corrected chi connectivity index (χ1v) is 13.3. The molecule has 0 radical (unpaired) electrons. The van der Waals surface area contributed by atoms with Crippen LogP contribution in [-0.4, -0.2) is 70.1 Å². The van der Waals surface area contributed by atoms with E-state index in [4.69, 9.17) is 4.84 Å². The fourth-order valence-corrected chi connectivity index (χ4v) is 5.08. The Hall–Kier alpha value is -3.27. The van der Waals surface area contributed by atoms with Gasteiger partial charge in [-0.15, -0.1) is 0 Å². The summed E-state index contributed by atoms with van der Waals surface area (Å²) < 4.78 is 14.7. The Balaban J connectivity index is 1.06. The predicted molar refractivity (Wildman–Crippen MR) is 139 cm³/mol. The highest BCUT2D eigenvalue weighted by Gasteiger charge is 2.29. The number of carbonyl (C=O) groups excluding carboxylic acids is 1. The number of aliphatic hydroxyl groups is 1. The highest BCUT2D eigenvalue weighted by molar-refractivity contribution is 5.90. The number of oxime groups is 1. The topological polar surface area (TPSA) is 103 Å². The molecule has 10 heteroatoms. The Kier molecular flexibility index (Phi) is 7.83. The van der Waals surface area contributed by atoms with E-state index in [1.54, 1.807) is 6.07 Å². The second-order valence-electron chi connectivity index (χ2n) is 10.2. The number of piperidine rings is 1. The number of amides is 2. The first kappa shape index (κ1) is 25.4. The standard InChI is InChI=1S/C27H35FN6O3/c1-2-18-14-29-26(30-15-18)33-11-9-23(10-12-33)37-32-21-6-3-19(4-7-21)20-5-8-25(24(28)13-20)31-27(36)34-16-22(35)17-34/h5,8,13-15,19,22-23,35H,2-4,6-7,9-12,16-17H2,1H3,(H,31,36). The molecule has 9 nitrogen and oxygen atoms in total. The molecule has 1 aromatic heterocycles. The zero-order valence-corrected chi connectivity index (χ0v) is 21.3. The van der Waals surface area contributed by atoms with Crippen molar-refractivity contribution in [3.8, 4) is 0 Å². The maximum Gasteiger partial charge on any atom is 0.322 e. The Morgan fingerprint density at radius 3 is 2.49 bits per heavy atom. The molecule has 0 spiro atoms. The van der Waals surface area contributed by atoms with E-state index in [1.807, 2.05) is 18.5 Å². The highest BCUT2D eigenvalue weighted by Crippen LogP contribution is 2.33. The molecule has 3 aliphatic rings. The van der Waals surface area contributed by atoms with Crippen molar-refractivity contribution in [1.29, 1.82) is 0 Å². The van der Waals surface area contributed by atoms with Crippen molar-refractivity contribution >= 4 is 23.4 Å². The van der Waals surface area contributed by atoms with Gasteiger partial charge in [0.15, 0.2) is 0 Å². The predicted octanol–water partition coefficient (Wildman–Crippen LogP) is 4.09. The molecule has 198 valence electrons. The summed E-state index contributed by atoms with van der Waals surface area (Å²) in [7, 11) is 0. The number of aliphatic hydroxyl groups excluding tert-OH is 1. The number of nitrogens with zero attached hydrogens (tertiary/aromatic N) is 5. The van der Waals surface area contributed by atoms with Crippen molar-refractivity contribution in [1.82, 2.24) is 14.9 Å². The normalized spacial score (nSPS) is 20.9. The number of carbonyl (C=O) groups is 1. The van der Waals surface area contributed by atoms with Gasteiger partial charge in [0.2, 0.25) is 5.95 Å². The van der Waals surface area contributed by atoms with Gasteiger partial charge >= 0.3 is 6.03 Å². The first-order chi connectivity index (χ1) is 18.0. The molecule has 1 saturated carbocycles. The summed E-state index contributed by atoms with van der Waals surface area (Å²) in [4.78, 5) is 30.6. The fraction of sp³-hybridized carbons (Fsp3) is 0.556. The average molecular weight is 511 g/mol. The number of β-amino-alcohol motifs (C(OH)–C–C–N with tert-alkyl or cyclic N) is 1. The van der Waals surface area contributed by atoms with Crippen LogP contribution in [0.25, 0.3) is 0 Å². The van der Waals surface area contributed by atoms with Crippen LogP contribution in [0.3, 0.4) is 0 Å². The van der Waals surface area contributed by atoms with Crippen LogP contribution in [-0.2, 0) is 11.3 Å². The second kappa shape index (κ2) is 11.4. The van der Waals surface area contributed by atoms with Gasteiger partial charge in [-0.05, 0) is 61.3 Å².